The fourth-order valence-electron chi connectivity index (χ4n) is 2.66. The molecule has 0 unspecified atom stereocenters. The van der Waals surface area contributed by atoms with Crippen LogP contribution in [-0.4, -0.2) is 18.7 Å². The molecule has 3 aromatic carbocycles. The molecule has 0 saturated heterocycles. The van der Waals surface area contributed by atoms with Crippen molar-refractivity contribution < 1.29 is 9.53 Å². The molecule has 0 spiro atoms. The van der Waals surface area contributed by atoms with Crippen LogP contribution in [0.5, 0.6) is 5.75 Å². The zero-order chi connectivity index (χ0) is 22.5. The molecule has 0 aromatic heterocycles. The summed E-state index contributed by atoms with van der Waals surface area (Å²) in [7, 11) is 0. The highest BCUT2D eigenvalue weighted by Gasteiger charge is 2.12. The molecule has 0 radical (unpaired) electrons. The highest BCUT2D eigenvalue weighted by Crippen LogP contribution is 2.35. The molecule has 1 amide bonds. The van der Waals surface area contributed by atoms with E-state index in [1.165, 1.54) is 0 Å². The van der Waals surface area contributed by atoms with E-state index in [1.807, 2.05) is 50.2 Å². The Labute approximate surface area is 207 Å². The van der Waals surface area contributed by atoms with Crippen LogP contribution < -0.4 is 10.1 Å². The first-order chi connectivity index (χ1) is 14.7. The van der Waals surface area contributed by atoms with Crippen LogP contribution in [-0.2, 0) is 4.79 Å². The minimum Gasteiger partial charge on any atom is -0.481 e. The van der Waals surface area contributed by atoms with Crippen molar-refractivity contribution in [3.63, 3.8) is 0 Å². The van der Waals surface area contributed by atoms with Gasteiger partial charge in [-0.25, -0.2) is 0 Å². The molecule has 0 aliphatic rings. The lowest BCUT2D eigenvalue weighted by molar-refractivity contribution is -0.118. The average Bonchev–Trinajstić information content (AvgIpc) is 2.71. The first-order valence-electron chi connectivity index (χ1n) is 9.21. The van der Waals surface area contributed by atoms with Gasteiger partial charge in [-0.1, -0.05) is 35.3 Å². The van der Waals surface area contributed by atoms with Gasteiger partial charge in [-0.2, -0.15) is 0 Å². The highest BCUT2D eigenvalue weighted by molar-refractivity contribution is 9.11. The zero-order valence-corrected chi connectivity index (χ0v) is 21.4. The van der Waals surface area contributed by atoms with Gasteiger partial charge < -0.3 is 10.1 Å². The van der Waals surface area contributed by atoms with Crippen molar-refractivity contribution in [2.45, 2.75) is 13.8 Å². The first-order valence-corrected chi connectivity index (χ1v) is 11.5. The number of ether oxygens (including phenoxy) is 1. The number of rotatable bonds is 6. The van der Waals surface area contributed by atoms with Crippen molar-refractivity contribution in [3.8, 4) is 5.75 Å². The van der Waals surface area contributed by atoms with Gasteiger partial charge in [-0.05, 0) is 98.8 Å². The lowest BCUT2D eigenvalue weighted by atomic mass is 10.2. The molecule has 0 heterocycles. The van der Waals surface area contributed by atoms with Gasteiger partial charge in [0.05, 0.1) is 14.6 Å². The Morgan fingerprint density at radius 3 is 2.39 bits per heavy atom. The minimum absolute atomic E-state index is 0.155. The summed E-state index contributed by atoms with van der Waals surface area (Å²) in [5, 5.41) is 3.99. The maximum absolute atomic E-state index is 12.2. The second-order valence-electron chi connectivity index (χ2n) is 6.80. The van der Waals surface area contributed by atoms with Gasteiger partial charge in [-0.15, -0.1) is 0 Å². The molecule has 0 aliphatic heterocycles. The Morgan fingerprint density at radius 2 is 1.71 bits per heavy atom. The molecule has 1 N–H and O–H groups in total. The molecule has 31 heavy (non-hydrogen) atoms. The number of hydrogen-bond donors (Lipinski definition) is 1. The van der Waals surface area contributed by atoms with E-state index >= 15 is 0 Å². The summed E-state index contributed by atoms with van der Waals surface area (Å²) in [6, 6.07) is 14.6. The molecule has 0 saturated carbocycles. The number of hydrogen-bond acceptors (Lipinski definition) is 3. The molecular weight excluding hydrogens is 567 g/mol. The van der Waals surface area contributed by atoms with Gasteiger partial charge in [0.15, 0.2) is 6.61 Å². The van der Waals surface area contributed by atoms with Crippen LogP contribution in [0.3, 0.4) is 0 Å². The number of aryl methyl sites for hydroxylation is 2. The standard InChI is InChI=1S/C23H18Br2Cl2N2O2/c1-13-4-6-17(10-20(13)27)29-22(30)12-31-23-18(24)7-15(8-19(23)25)11-28-21-9-16(26)5-3-14(21)2/h3-11H,12H2,1-2H3,(H,29,30). The molecule has 0 bridgehead atoms. The Kier molecular flexibility index (Phi) is 8.17. The third-order valence-electron chi connectivity index (χ3n) is 4.35. The maximum Gasteiger partial charge on any atom is 0.262 e. The molecule has 8 heteroatoms. The summed E-state index contributed by atoms with van der Waals surface area (Å²) in [5.41, 5.74) is 4.24. The van der Waals surface area contributed by atoms with Gasteiger partial charge in [-0.3, -0.25) is 9.79 Å². The van der Waals surface area contributed by atoms with E-state index in [9.17, 15) is 4.79 Å². The number of carbonyl (C=O) groups excluding carboxylic acids is 1. The molecular formula is C23H18Br2Cl2N2O2. The number of nitrogens with one attached hydrogen (secondary N) is 1. The van der Waals surface area contributed by atoms with Crippen LogP contribution >= 0.6 is 55.1 Å². The van der Waals surface area contributed by atoms with E-state index in [4.69, 9.17) is 27.9 Å². The smallest absolute Gasteiger partial charge is 0.262 e. The lowest BCUT2D eigenvalue weighted by Gasteiger charge is -2.12. The zero-order valence-electron chi connectivity index (χ0n) is 16.7. The summed E-state index contributed by atoms with van der Waals surface area (Å²) >= 11 is 19.1. The van der Waals surface area contributed by atoms with Gasteiger partial charge >= 0.3 is 0 Å². The summed E-state index contributed by atoms with van der Waals surface area (Å²) < 4.78 is 7.09. The number of benzene rings is 3. The quantitative estimate of drug-likeness (QED) is 0.299. The Bertz CT molecular complexity index is 1140. The highest BCUT2D eigenvalue weighted by atomic mass is 79.9. The van der Waals surface area contributed by atoms with Crippen molar-refractivity contribution in [2.24, 2.45) is 4.99 Å². The van der Waals surface area contributed by atoms with Crippen LogP contribution in [0.4, 0.5) is 11.4 Å². The van der Waals surface area contributed by atoms with E-state index < -0.39 is 0 Å². The molecule has 4 nitrogen and oxygen atoms in total. The largest absolute Gasteiger partial charge is 0.481 e. The number of halogens is 4. The normalized spacial score (nSPS) is 11.0. The maximum atomic E-state index is 12.2. The second kappa shape index (κ2) is 10.6. The van der Waals surface area contributed by atoms with Crippen LogP contribution in [0.15, 0.2) is 62.5 Å². The molecule has 0 fully saturated rings. The van der Waals surface area contributed by atoms with Crippen molar-refractivity contribution in [3.05, 3.63) is 84.2 Å². The Hall–Kier alpha value is -1.86. The first kappa shape index (κ1) is 23.8. The third kappa shape index (κ3) is 6.56. The summed E-state index contributed by atoms with van der Waals surface area (Å²) in [5.74, 6) is 0.231. The molecule has 160 valence electrons. The molecule has 0 aliphatic carbocycles. The van der Waals surface area contributed by atoms with Gasteiger partial charge in [0.1, 0.15) is 5.75 Å². The average molecular weight is 585 g/mol. The van der Waals surface area contributed by atoms with E-state index in [0.717, 1.165) is 22.4 Å². The van der Waals surface area contributed by atoms with Crippen LogP contribution in [0.1, 0.15) is 16.7 Å². The summed E-state index contributed by atoms with van der Waals surface area (Å²) in [6.45, 7) is 3.72. The van der Waals surface area contributed by atoms with Gasteiger partial charge in [0.25, 0.3) is 5.91 Å². The molecule has 3 rings (SSSR count). The van der Waals surface area contributed by atoms with E-state index in [-0.39, 0.29) is 12.5 Å². The molecule has 3 aromatic rings. The predicted octanol–water partition coefficient (Wildman–Crippen LogP) is 7.90. The van der Waals surface area contributed by atoms with Crippen LogP contribution in [0.2, 0.25) is 10.0 Å². The van der Waals surface area contributed by atoms with Crippen LogP contribution in [0, 0.1) is 13.8 Å². The predicted molar refractivity (Wildman–Crippen MR) is 136 cm³/mol. The number of carbonyl (C=O) groups is 1. The van der Waals surface area contributed by atoms with E-state index in [0.29, 0.717) is 30.4 Å². The topological polar surface area (TPSA) is 50.7 Å². The van der Waals surface area contributed by atoms with Crippen LogP contribution in [0.25, 0.3) is 0 Å². The van der Waals surface area contributed by atoms with E-state index in [1.54, 1.807) is 18.3 Å². The SMILES string of the molecule is Cc1ccc(NC(=O)COc2c(Br)cc(C=Nc3cc(Cl)ccc3C)cc2Br)cc1Cl. The minimum atomic E-state index is -0.291. The van der Waals surface area contributed by atoms with Crippen molar-refractivity contribution in [1.29, 1.82) is 0 Å². The Balaban J connectivity index is 1.67. The number of nitrogens with zero attached hydrogens (tertiary/aromatic N) is 1. The van der Waals surface area contributed by atoms with Crippen molar-refractivity contribution in [1.82, 2.24) is 0 Å². The summed E-state index contributed by atoms with van der Waals surface area (Å²) in [4.78, 5) is 16.8. The lowest BCUT2D eigenvalue weighted by Crippen LogP contribution is -2.20. The third-order valence-corrected chi connectivity index (χ3v) is 6.17. The van der Waals surface area contributed by atoms with Gasteiger partial charge in [0, 0.05) is 21.9 Å². The van der Waals surface area contributed by atoms with Crippen molar-refractivity contribution in [2.75, 3.05) is 11.9 Å². The monoisotopic (exact) mass is 582 g/mol. The number of amides is 1. The fraction of sp³-hybridized carbons (Fsp3) is 0.130. The Morgan fingerprint density at radius 1 is 1.03 bits per heavy atom. The second-order valence-corrected chi connectivity index (χ2v) is 9.36. The fourth-order valence-corrected chi connectivity index (χ4v) is 4.46. The molecule has 0 atom stereocenters. The van der Waals surface area contributed by atoms with Crippen molar-refractivity contribution >= 4 is 78.6 Å². The van der Waals surface area contributed by atoms with E-state index in [2.05, 4.69) is 42.2 Å². The number of anilines is 1. The van der Waals surface area contributed by atoms with Gasteiger partial charge in [0.2, 0.25) is 0 Å². The number of aliphatic imine (C=N–C) groups is 1. The summed E-state index contributed by atoms with van der Waals surface area (Å²) in [6.07, 6.45) is 1.74.